The highest BCUT2D eigenvalue weighted by Crippen LogP contribution is 2.28. The highest BCUT2D eigenvalue weighted by Gasteiger charge is 2.35. The fourth-order valence-corrected chi connectivity index (χ4v) is 3.57. The minimum atomic E-state index is -0.707. The van der Waals surface area contributed by atoms with Crippen LogP contribution in [0.4, 0.5) is 0 Å². The van der Waals surface area contributed by atoms with E-state index in [0.29, 0.717) is 31.6 Å². The normalized spacial score (nSPS) is 26.7. The van der Waals surface area contributed by atoms with Crippen LogP contribution in [-0.4, -0.2) is 40.4 Å². The van der Waals surface area contributed by atoms with Crippen LogP contribution < -0.4 is 5.32 Å². The zero-order valence-electron chi connectivity index (χ0n) is 13.2. The maximum Gasteiger partial charge on any atom is 0.245 e. The molecule has 3 heterocycles. The number of furan rings is 1. The van der Waals surface area contributed by atoms with Gasteiger partial charge in [-0.3, -0.25) is 9.59 Å². The van der Waals surface area contributed by atoms with E-state index in [1.54, 1.807) is 18.4 Å². The molecular weight excluding hydrogens is 296 g/mol. The Labute approximate surface area is 135 Å². The van der Waals surface area contributed by atoms with Crippen molar-refractivity contribution >= 4 is 11.8 Å². The Morgan fingerprint density at radius 2 is 2.26 bits per heavy atom. The molecule has 2 saturated heterocycles. The van der Waals surface area contributed by atoms with Gasteiger partial charge in [0.15, 0.2) is 0 Å². The van der Waals surface area contributed by atoms with E-state index in [1.807, 2.05) is 4.90 Å². The fraction of sp³-hybridized carbons (Fsp3) is 0.647. The first-order valence-corrected chi connectivity index (χ1v) is 8.46. The summed E-state index contributed by atoms with van der Waals surface area (Å²) in [5.41, 5.74) is 0. The Kier molecular flexibility index (Phi) is 5.00. The predicted molar refractivity (Wildman–Crippen MR) is 83.4 cm³/mol. The maximum atomic E-state index is 12.8. The van der Waals surface area contributed by atoms with Crippen LogP contribution in [0.1, 0.15) is 56.8 Å². The lowest BCUT2D eigenvalue weighted by molar-refractivity contribution is -0.137. The van der Waals surface area contributed by atoms with E-state index in [4.69, 9.17) is 4.42 Å². The van der Waals surface area contributed by atoms with Crippen molar-refractivity contribution in [3.05, 3.63) is 24.2 Å². The summed E-state index contributed by atoms with van der Waals surface area (Å²) >= 11 is 0. The fourth-order valence-electron chi connectivity index (χ4n) is 3.57. The summed E-state index contributed by atoms with van der Waals surface area (Å²) in [4.78, 5) is 26.0. The summed E-state index contributed by atoms with van der Waals surface area (Å²) in [6.45, 7) is 0.695. The van der Waals surface area contributed by atoms with Gasteiger partial charge in [0.25, 0.3) is 0 Å². The van der Waals surface area contributed by atoms with Gasteiger partial charge in [-0.1, -0.05) is 12.8 Å². The zero-order chi connectivity index (χ0) is 16.2. The molecule has 2 aliphatic heterocycles. The van der Waals surface area contributed by atoms with E-state index in [0.717, 1.165) is 25.7 Å². The number of carbonyl (C=O) groups excluding carboxylic acids is 2. The third kappa shape index (κ3) is 3.75. The smallest absolute Gasteiger partial charge is 0.245 e. The molecule has 1 aromatic rings. The van der Waals surface area contributed by atoms with E-state index < -0.39 is 12.1 Å². The van der Waals surface area contributed by atoms with Gasteiger partial charge in [0.1, 0.15) is 17.9 Å². The second-order valence-electron chi connectivity index (χ2n) is 6.46. The minimum Gasteiger partial charge on any atom is -0.467 e. The van der Waals surface area contributed by atoms with Crippen LogP contribution in [0, 0.1) is 0 Å². The van der Waals surface area contributed by atoms with Crippen molar-refractivity contribution < 1.29 is 19.1 Å². The molecule has 0 bridgehead atoms. The largest absolute Gasteiger partial charge is 0.467 e. The Morgan fingerprint density at radius 3 is 2.96 bits per heavy atom. The summed E-state index contributed by atoms with van der Waals surface area (Å²) in [6, 6.07) is 3.10. The van der Waals surface area contributed by atoms with Gasteiger partial charge in [-0.05, 0) is 31.4 Å². The summed E-state index contributed by atoms with van der Waals surface area (Å²) in [5.74, 6) is 0.482. The molecule has 0 unspecified atom stereocenters. The molecule has 2 N–H and O–H groups in total. The third-order valence-corrected chi connectivity index (χ3v) is 4.82. The number of likely N-dealkylation sites (tertiary alicyclic amines) is 1. The molecule has 0 aliphatic carbocycles. The first kappa shape index (κ1) is 16.1. The molecule has 3 atom stereocenters. The van der Waals surface area contributed by atoms with Gasteiger partial charge >= 0.3 is 0 Å². The van der Waals surface area contributed by atoms with Crippen LogP contribution in [-0.2, 0) is 9.59 Å². The molecular formula is C17H24N2O4. The molecule has 0 saturated carbocycles. The average molecular weight is 320 g/mol. The Bertz CT molecular complexity index is 543. The molecule has 6 nitrogen and oxygen atoms in total. The lowest BCUT2D eigenvalue weighted by Crippen LogP contribution is -2.49. The summed E-state index contributed by atoms with van der Waals surface area (Å²) in [6.07, 6.45) is 6.30. The van der Waals surface area contributed by atoms with Gasteiger partial charge in [0, 0.05) is 25.4 Å². The number of amides is 2. The summed E-state index contributed by atoms with van der Waals surface area (Å²) in [7, 11) is 0. The summed E-state index contributed by atoms with van der Waals surface area (Å²) in [5, 5.41) is 13.1. The maximum absolute atomic E-state index is 12.8. The van der Waals surface area contributed by atoms with Crippen molar-refractivity contribution in [2.45, 2.75) is 63.1 Å². The number of aliphatic hydroxyl groups excluding tert-OH is 1. The molecule has 3 rings (SSSR count). The van der Waals surface area contributed by atoms with Gasteiger partial charge in [-0.15, -0.1) is 0 Å². The van der Waals surface area contributed by atoms with Crippen LogP contribution in [0.3, 0.4) is 0 Å². The Hall–Kier alpha value is -1.82. The van der Waals surface area contributed by atoms with Crippen molar-refractivity contribution in [3.63, 3.8) is 0 Å². The average Bonchev–Trinajstić information content (AvgIpc) is 3.16. The zero-order valence-corrected chi connectivity index (χ0v) is 13.2. The SMILES string of the molecule is O=C1CC[C@H](C(=O)N2CCCCC[C@@H]2C[C@@H](O)c2ccco2)N1. The number of rotatable bonds is 4. The number of carbonyl (C=O) groups is 2. The van der Waals surface area contributed by atoms with Gasteiger partial charge in [-0.2, -0.15) is 0 Å². The van der Waals surface area contributed by atoms with Crippen LogP contribution >= 0.6 is 0 Å². The first-order chi connectivity index (χ1) is 11.1. The van der Waals surface area contributed by atoms with Crippen molar-refractivity contribution in [3.8, 4) is 0 Å². The Morgan fingerprint density at radius 1 is 1.39 bits per heavy atom. The first-order valence-electron chi connectivity index (χ1n) is 8.46. The molecule has 6 heteroatoms. The molecule has 0 spiro atoms. The monoisotopic (exact) mass is 320 g/mol. The van der Waals surface area contributed by atoms with Crippen LogP contribution in [0.25, 0.3) is 0 Å². The van der Waals surface area contributed by atoms with Crippen molar-refractivity contribution in [2.75, 3.05) is 6.54 Å². The number of hydrogen-bond donors (Lipinski definition) is 2. The highest BCUT2D eigenvalue weighted by atomic mass is 16.4. The van der Waals surface area contributed by atoms with Gasteiger partial charge < -0.3 is 19.7 Å². The standard InChI is InChI=1S/C17H24N2O4/c20-14(15-6-4-10-23-15)11-12-5-2-1-3-9-19(12)17(22)13-7-8-16(21)18-13/h4,6,10,12-14,20H,1-3,5,7-9,11H2,(H,18,21)/t12-,13-,14-/m1/s1. The van der Waals surface area contributed by atoms with Crippen molar-refractivity contribution in [2.24, 2.45) is 0 Å². The lowest BCUT2D eigenvalue weighted by Gasteiger charge is -2.33. The van der Waals surface area contributed by atoms with E-state index in [1.165, 1.54) is 0 Å². The number of nitrogens with zero attached hydrogens (tertiary/aromatic N) is 1. The number of aliphatic hydroxyl groups is 1. The molecule has 2 fully saturated rings. The highest BCUT2D eigenvalue weighted by molar-refractivity contribution is 5.91. The van der Waals surface area contributed by atoms with Gasteiger partial charge in [0.05, 0.1) is 6.26 Å². The van der Waals surface area contributed by atoms with Crippen LogP contribution in [0.2, 0.25) is 0 Å². The predicted octanol–water partition coefficient (Wildman–Crippen LogP) is 1.75. The van der Waals surface area contributed by atoms with Gasteiger partial charge in [0.2, 0.25) is 11.8 Å². The second kappa shape index (κ2) is 7.17. The van der Waals surface area contributed by atoms with Crippen LogP contribution in [0.15, 0.2) is 22.8 Å². The molecule has 23 heavy (non-hydrogen) atoms. The summed E-state index contributed by atoms with van der Waals surface area (Å²) < 4.78 is 5.27. The van der Waals surface area contributed by atoms with Crippen molar-refractivity contribution in [1.29, 1.82) is 0 Å². The molecule has 126 valence electrons. The topological polar surface area (TPSA) is 82.8 Å². The quantitative estimate of drug-likeness (QED) is 0.885. The van der Waals surface area contributed by atoms with E-state index in [-0.39, 0.29) is 17.9 Å². The third-order valence-electron chi connectivity index (χ3n) is 4.82. The van der Waals surface area contributed by atoms with Crippen molar-refractivity contribution in [1.82, 2.24) is 10.2 Å². The van der Waals surface area contributed by atoms with Crippen LogP contribution in [0.5, 0.6) is 0 Å². The number of hydrogen-bond acceptors (Lipinski definition) is 4. The van der Waals surface area contributed by atoms with E-state index in [9.17, 15) is 14.7 Å². The molecule has 0 aromatic carbocycles. The molecule has 2 amide bonds. The molecule has 1 aromatic heterocycles. The van der Waals surface area contributed by atoms with E-state index in [2.05, 4.69) is 5.32 Å². The minimum absolute atomic E-state index is 0.00519. The van der Waals surface area contributed by atoms with E-state index >= 15 is 0 Å². The number of nitrogens with one attached hydrogen (secondary N) is 1. The van der Waals surface area contributed by atoms with Gasteiger partial charge in [-0.25, -0.2) is 0 Å². The molecule has 2 aliphatic rings. The lowest BCUT2D eigenvalue weighted by atomic mass is 10.0. The second-order valence-corrected chi connectivity index (χ2v) is 6.46. The molecule has 0 radical (unpaired) electrons. The Balaban J connectivity index is 1.69.